The molecule has 0 fully saturated rings. The number of ether oxygens (including phenoxy) is 2. The number of hydrogen-bond acceptors (Lipinski definition) is 7. The van der Waals surface area contributed by atoms with Gasteiger partial charge in [0.1, 0.15) is 0 Å². The van der Waals surface area contributed by atoms with E-state index in [1.807, 2.05) is 54.0 Å². The van der Waals surface area contributed by atoms with Gasteiger partial charge in [0.15, 0.2) is 22.5 Å². The molecule has 0 saturated carbocycles. The first-order valence-electron chi connectivity index (χ1n) is 10.9. The van der Waals surface area contributed by atoms with E-state index in [9.17, 15) is 4.79 Å². The Balaban J connectivity index is 1.48. The van der Waals surface area contributed by atoms with Crippen molar-refractivity contribution in [3.8, 4) is 28.6 Å². The van der Waals surface area contributed by atoms with E-state index in [2.05, 4.69) is 20.7 Å². The van der Waals surface area contributed by atoms with Crippen LogP contribution in [0.1, 0.15) is 11.1 Å². The van der Waals surface area contributed by atoms with Crippen molar-refractivity contribution in [3.63, 3.8) is 0 Å². The van der Waals surface area contributed by atoms with Gasteiger partial charge in [0, 0.05) is 16.3 Å². The van der Waals surface area contributed by atoms with E-state index in [-0.39, 0.29) is 11.7 Å². The molecule has 1 aromatic heterocycles. The van der Waals surface area contributed by atoms with Gasteiger partial charge < -0.3 is 9.47 Å². The molecule has 0 spiro atoms. The van der Waals surface area contributed by atoms with Gasteiger partial charge in [0.25, 0.3) is 5.91 Å². The first-order valence-corrected chi connectivity index (χ1v) is 12.3. The van der Waals surface area contributed by atoms with Gasteiger partial charge in [-0.3, -0.25) is 9.36 Å². The minimum atomic E-state index is -0.278. The molecule has 0 unspecified atom stereocenters. The second-order valence-corrected chi connectivity index (χ2v) is 9.06. The second-order valence-electron chi connectivity index (χ2n) is 7.68. The Hall–Kier alpha value is -3.82. The van der Waals surface area contributed by atoms with Crippen molar-refractivity contribution in [2.24, 2.45) is 5.10 Å². The average molecular weight is 522 g/mol. The minimum Gasteiger partial charge on any atom is -0.493 e. The molecule has 0 saturated heterocycles. The average Bonchev–Trinajstić information content (AvgIpc) is 3.32. The number of amides is 1. The van der Waals surface area contributed by atoms with Crippen molar-refractivity contribution >= 4 is 35.5 Å². The number of carbonyl (C=O) groups excluding carboxylic acids is 1. The number of nitrogens with zero attached hydrogens (tertiary/aromatic N) is 4. The normalized spacial score (nSPS) is 11.0. The third kappa shape index (κ3) is 6.05. The molecule has 0 bridgehead atoms. The monoisotopic (exact) mass is 521 g/mol. The van der Waals surface area contributed by atoms with Gasteiger partial charge in [-0.25, -0.2) is 5.43 Å². The van der Waals surface area contributed by atoms with Crippen molar-refractivity contribution in [2.75, 3.05) is 20.0 Å². The van der Waals surface area contributed by atoms with Crippen molar-refractivity contribution in [3.05, 3.63) is 82.9 Å². The van der Waals surface area contributed by atoms with Gasteiger partial charge in [0.05, 0.1) is 26.2 Å². The van der Waals surface area contributed by atoms with Crippen LogP contribution in [-0.4, -0.2) is 46.9 Å². The minimum absolute atomic E-state index is 0.100. The molecule has 1 N–H and O–H groups in total. The summed E-state index contributed by atoms with van der Waals surface area (Å²) < 4.78 is 12.4. The molecular weight excluding hydrogens is 498 g/mol. The molecule has 1 heterocycles. The number of aryl methyl sites for hydroxylation is 1. The fraction of sp³-hybridized carbons (Fsp3) is 0.154. The van der Waals surface area contributed by atoms with Crippen LogP contribution in [0.5, 0.6) is 11.5 Å². The highest BCUT2D eigenvalue weighted by Gasteiger charge is 2.17. The molecule has 3 aromatic carbocycles. The summed E-state index contributed by atoms with van der Waals surface area (Å²) in [7, 11) is 3.13. The number of rotatable bonds is 9. The summed E-state index contributed by atoms with van der Waals surface area (Å²) in [4.78, 5) is 12.5. The largest absolute Gasteiger partial charge is 0.493 e. The summed E-state index contributed by atoms with van der Waals surface area (Å²) >= 11 is 7.35. The van der Waals surface area contributed by atoms with Gasteiger partial charge in [0.2, 0.25) is 0 Å². The molecule has 4 rings (SSSR count). The number of benzene rings is 3. The Morgan fingerprint density at radius 1 is 1.03 bits per heavy atom. The second kappa shape index (κ2) is 11.7. The Kier molecular flexibility index (Phi) is 8.24. The predicted molar refractivity (Wildman–Crippen MR) is 143 cm³/mol. The quantitative estimate of drug-likeness (QED) is 0.186. The summed E-state index contributed by atoms with van der Waals surface area (Å²) in [6.07, 6.45) is 1.54. The topological polar surface area (TPSA) is 90.6 Å². The molecule has 0 aliphatic carbocycles. The SMILES string of the molecule is COc1ccc(/C=N\NC(=O)CSc2nnc(-c3ccc(C)cc3)n2-c2ccc(Cl)cc2)cc1OC. The number of hydrogen-bond donors (Lipinski definition) is 1. The van der Waals surface area contributed by atoms with E-state index < -0.39 is 0 Å². The van der Waals surface area contributed by atoms with E-state index in [0.717, 1.165) is 22.4 Å². The number of carbonyl (C=O) groups is 1. The highest BCUT2D eigenvalue weighted by molar-refractivity contribution is 7.99. The first kappa shape index (κ1) is 25.3. The highest BCUT2D eigenvalue weighted by Crippen LogP contribution is 2.29. The fourth-order valence-corrected chi connectivity index (χ4v) is 4.22. The van der Waals surface area contributed by atoms with Crippen LogP contribution >= 0.6 is 23.4 Å². The van der Waals surface area contributed by atoms with E-state index in [1.54, 1.807) is 38.5 Å². The maximum Gasteiger partial charge on any atom is 0.250 e. The molecule has 0 aliphatic heterocycles. The summed E-state index contributed by atoms with van der Waals surface area (Å²) in [5.41, 5.74) is 6.20. The molecule has 4 aromatic rings. The first-order chi connectivity index (χ1) is 17.5. The zero-order chi connectivity index (χ0) is 25.5. The summed E-state index contributed by atoms with van der Waals surface area (Å²) in [6.45, 7) is 2.03. The van der Waals surface area contributed by atoms with E-state index >= 15 is 0 Å². The van der Waals surface area contributed by atoms with Crippen molar-refractivity contribution in [1.29, 1.82) is 0 Å². The van der Waals surface area contributed by atoms with Gasteiger partial charge in [-0.2, -0.15) is 5.10 Å². The lowest BCUT2D eigenvalue weighted by molar-refractivity contribution is -0.118. The Bertz CT molecular complexity index is 1370. The van der Waals surface area contributed by atoms with Gasteiger partial charge in [-0.05, 0) is 55.0 Å². The molecule has 0 radical (unpaired) electrons. The molecule has 36 heavy (non-hydrogen) atoms. The Morgan fingerprint density at radius 3 is 2.44 bits per heavy atom. The molecule has 1 amide bonds. The van der Waals surface area contributed by atoms with Crippen LogP contribution in [0.15, 0.2) is 77.0 Å². The van der Waals surface area contributed by atoms with Crippen LogP contribution in [0.3, 0.4) is 0 Å². The van der Waals surface area contributed by atoms with Crippen LogP contribution < -0.4 is 14.9 Å². The van der Waals surface area contributed by atoms with Crippen LogP contribution in [0.25, 0.3) is 17.1 Å². The van der Waals surface area contributed by atoms with Crippen molar-refractivity contribution in [1.82, 2.24) is 20.2 Å². The number of thioether (sulfide) groups is 1. The van der Waals surface area contributed by atoms with E-state index in [1.165, 1.54) is 18.0 Å². The third-order valence-electron chi connectivity index (χ3n) is 5.17. The number of aromatic nitrogens is 3. The number of halogens is 1. The van der Waals surface area contributed by atoms with Crippen LogP contribution in [0, 0.1) is 6.92 Å². The van der Waals surface area contributed by atoms with E-state index in [0.29, 0.717) is 27.5 Å². The highest BCUT2D eigenvalue weighted by atomic mass is 35.5. The Labute approximate surface area is 218 Å². The molecular formula is C26H24ClN5O3S. The molecule has 0 atom stereocenters. The number of methoxy groups -OCH3 is 2. The maximum absolute atomic E-state index is 12.5. The van der Waals surface area contributed by atoms with Crippen molar-refractivity contribution in [2.45, 2.75) is 12.1 Å². The Morgan fingerprint density at radius 2 is 1.75 bits per heavy atom. The molecule has 8 nitrogen and oxygen atoms in total. The zero-order valence-corrected chi connectivity index (χ0v) is 21.5. The molecule has 184 valence electrons. The molecule has 0 aliphatic rings. The van der Waals surface area contributed by atoms with Crippen molar-refractivity contribution < 1.29 is 14.3 Å². The zero-order valence-electron chi connectivity index (χ0n) is 19.9. The summed E-state index contributed by atoms with van der Waals surface area (Å²) in [6, 6.07) is 20.8. The van der Waals surface area contributed by atoms with Gasteiger partial charge in [-0.15, -0.1) is 10.2 Å². The van der Waals surface area contributed by atoms with Crippen LogP contribution in [0.2, 0.25) is 5.02 Å². The number of nitrogens with one attached hydrogen (secondary N) is 1. The summed E-state index contributed by atoms with van der Waals surface area (Å²) in [5, 5.41) is 14.0. The lowest BCUT2D eigenvalue weighted by Crippen LogP contribution is -2.20. The third-order valence-corrected chi connectivity index (χ3v) is 6.35. The maximum atomic E-state index is 12.5. The smallest absolute Gasteiger partial charge is 0.250 e. The van der Waals surface area contributed by atoms with Gasteiger partial charge in [-0.1, -0.05) is 53.2 Å². The summed E-state index contributed by atoms with van der Waals surface area (Å²) in [5.74, 6) is 1.69. The van der Waals surface area contributed by atoms with Crippen LogP contribution in [0.4, 0.5) is 0 Å². The van der Waals surface area contributed by atoms with Gasteiger partial charge >= 0.3 is 0 Å². The van der Waals surface area contributed by atoms with E-state index in [4.69, 9.17) is 21.1 Å². The standard InChI is InChI=1S/C26H24ClN5O3S/c1-17-4-7-19(8-5-17)25-30-31-26(32(25)21-11-9-20(27)10-12-21)36-16-24(33)29-28-15-18-6-13-22(34-2)23(14-18)35-3/h4-15H,16H2,1-3H3,(H,29,33)/b28-15-. The lowest BCUT2D eigenvalue weighted by Gasteiger charge is -2.10. The van der Waals surface area contributed by atoms with Crippen LogP contribution in [-0.2, 0) is 4.79 Å². The lowest BCUT2D eigenvalue weighted by atomic mass is 10.1. The fourth-order valence-electron chi connectivity index (χ4n) is 3.35. The number of hydrazone groups is 1. The molecule has 10 heteroatoms. The predicted octanol–water partition coefficient (Wildman–Crippen LogP) is 5.16.